The molecule has 2 aromatic heterocycles. The third kappa shape index (κ3) is 5.11. The molecule has 1 aliphatic rings. The summed E-state index contributed by atoms with van der Waals surface area (Å²) in [5.74, 6) is -0.504. The van der Waals surface area contributed by atoms with Crippen molar-refractivity contribution in [1.29, 1.82) is 0 Å². The topological polar surface area (TPSA) is 92.9 Å². The Bertz CT molecular complexity index is 1470. The molecule has 2 N–H and O–H groups in total. The lowest BCUT2D eigenvalue weighted by Crippen LogP contribution is -2.31. The van der Waals surface area contributed by atoms with Gasteiger partial charge in [-0.15, -0.1) is 0 Å². The van der Waals surface area contributed by atoms with E-state index in [4.69, 9.17) is 11.6 Å². The molecule has 0 aliphatic heterocycles. The third-order valence-electron chi connectivity index (χ3n) is 6.72. The van der Waals surface area contributed by atoms with E-state index in [1.165, 1.54) is 12.1 Å². The molecule has 2 aromatic carbocycles. The summed E-state index contributed by atoms with van der Waals surface area (Å²) in [6.45, 7) is 2.17. The average molecular weight is 530 g/mol. The number of nitrogens with zero attached hydrogens (tertiary/aromatic N) is 4. The number of alkyl halides is 3. The largest absolute Gasteiger partial charge is 0.475 e. The molecule has 11 heteroatoms. The molecule has 2 heterocycles. The highest BCUT2D eigenvalue weighted by atomic mass is 35.5. The van der Waals surface area contributed by atoms with Crippen LogP contribution in [-0.4, -0.2) is 36.6 Å². The van der Waals surface area contributed by atoms with Crippen LogP contribution in [0.2, 0.25) is 5.02 Å². The standard InChI is InChI=1S/C26H23ClF3N5O2/c1-14(16-4-2-5-16)31-21-20-22(33-23(32-21)25(36)37)34-24(17-6-3-7-19(27)12-17)35(20)13-15-8-10-18(11-9-15)26(28,29)30/h3,6-12,14,16H,2,4-5,13H2,1H3,(H,36,37)(H,31,32,33). The van der Waals surface area contributed by atoms with Crippen molar-refractivity contribution in [3.05, 3.63) is 70.5 Å². The Morgan fingerprint density at radius 3 is 2.49 bits per heavy atom. The van der Waals surface area contributed by atoms with Crippen LogP contribution in [0.25, 0.3) is 22.6 Å². The van der Waals surface area contributed by atoms with Crippen molar-refractivity contribution < 1.29 is 23.1 Å². The first-order valence-electron chi connectivity index (χ1n) is 11.8. The highest BCUT2D eigenvalue weighted by Crippen LogP contribution is 2.35. The van der Waals surface area contributed by atoms with Crippen molar-refractivity contribution in [2.75, 3.05) is 5.32 Å². The van der Waals surface area contributed by atoms with Crippen molar-refractivity contribution >= 4 is 34.6 Å². The van der Waals surface area contributed by atoms with Gasteiger partial charge >= 0.3 is 12.1 Å². The van der Waals surface area contributed by atoms with E-state index in [0.717, 1.165) is 31.4 Å². The second kappa shape index (κ2) is 9.66. The van der Waals surface area contributed by atoms with Gasteiger partial charge in [-0.25, -0.2) is 19.7 Å². The lowest BCUT2D eigenvalue weighted by atomic mass is 9.80. The number of aromatic carboxylic acids is 1. The van der Waals surface area contributed by atoms with Gasteiger partial charge in [0.15, 0.2) is 11.5 Å². The van der Waals surface area contributed by atoms with Crippen LogP contribution in [0.15, 0.2) is 48.5 Å². The SMILES string of the molecule is CC(Nc1nc(C(=O)O)nc2nc(-c3cccc(Cl)c3)n(Cc3ccc(C(F)(F)F)cc3)c12)C1CCC1. The van der Waals surface area contributed by atoms with Gasteiger partial charge in [0.1, 0.15) is 11.3 Å². The molecular weight excluding hydrogens is 507 g/mol. The number of rotatable bonds is 7. The van der Waals surface area contributed by atoms with Crippen LogP contribution in [0.1, 0.15) is 47.9 Å². The summed E-state index contributed by atoms with van der Waals surface area (Å²) in [5.41, 5.74) is 1.12. The first-order valence-corrected chi connectivity index (χ1v) is 12.2. The summed E-state index contributed by atoms with van der Waals surface area (Å²) >= 11 is 6.23. The number of fused-ring (bicyclic) bond motifs is 1. The van der Waals surface area contributed by atoms with E-state index in [1.807, 2.05) is 6.92 Å². The number of carbonyl (C=O) groups is 1. The van der Waals surface area contributed by atoms with Gasteiger partial charge in [-0.1, -0.05) is 42.3 Å². The minimum atomic E-state index is -4.44. The summed E-state index contributed by atoms with van der Waals surface area (Å²) in [4.78, 5) is 24.9. The molecule has 0 amide bonds. The summed E-state index contributed by atoms with van der Waals surface area (Å²) in [7, 11) is 0. The number of nitrogens with one attached hydrogen (secondary N) is 1. The Labute approximate surface area is 215 Å². The maximum absolute atomic E-state index is 13.1. The lowest BCUT2D eigenvalue weighted by Gasteiger charge is -2.32. The van der Waals surface area contributed by atoms with Crippen LogP contribution in [0.5, 0.6) is 0 Å². The fourth-order valence-corrected chi connectivity index (χ4v) is 4.68. The van der Waals surface area contributed by atoms with Crippen molar-refractivity contribution in [3.63, 3.8) is 0 Å². The molecule has 0 bridgehead atoms. The Balaban J connectivity index is 1.68. The molecule has 4 aromatic rings. The van der Waals surface area contributed by atoms with Crippen molar-refractivity contribution in [2.45, 2.75) is 44.9 Å². The second-order valence-electron chi connectivity index (χ2n) is 9.22. The minimum Gasteiger partial charge on any atom is -0.475 e. The van der Waals surface area contributed by atoms with Crippen LogP contribution in [0.3, 0.4) is 0 Å². The Kier molecular flexibility index (Phi) is 6.53. The Hall–Kier alpha value is -3.66. The molecule has 1 saturated carbocycles. The van der Waals surface area contributed by atoms with Gasteiger partial charge in [0.2, 0.25) is 5.82 Å². The molecular formula is C26H23ClF3N5O2. The van der Waals surface area contributed by atoms with E-state index in [1.54, 1.807) is 28.8 Å². The van der Waals surface area contributed by atoms with Gasteiger partial charge in [0.05, 0.1) is 5.56 Å². The van der Waals surface area contributed by atoms with Gasteiger partial charge in [-0.2, -0.15) is 13.2 Å². The molecule has 192 valence electrons. The van der Waals surface area contributed by atoms with Crippen molar-refractivity contribution in [1.82, 2.24) is 19.5 Å². The van der Waals surface area contributed by atoms with Gasteiger partial charge in [-0.05, 0) is 55.5 Å². The maximum atomic E-state index is 13.1. The molecule has 1 unspecified atom stereocenters. The Morgan fingerprint density at radius 1 is 1.16 bits per heavy atom. The minimum absolute atomic E-state index is 0.0255. The van der Waals surface area contributed by atoms with Gasteiger partial charge in [-0.3, -0.25) is 0 Å². The smallest absolute Gasteiger partial charge is 0.416 e. The van der Waals surface area contributed by atoms with Gasteiger partial charge in [0, 0.05) is 23.2 Å². The number of carboxylic acid groups (broad SMARTS) is 1. The summed E-state index contributed by atoms with van der Waals surface area (Å²) < 4.78 is 41.1. The van der Waals surface area contributed by atoms with E-state index in [2.05, 4.69) is 20.3 Å². The van der Waals surface area contributed by atoms with E-state index in [0.29, 0.717) is 39.2 Å². The molecule has 0 radical (unpaired) electrons. The molecule has 0 spiro atoms. The molecule has 7 nitrogen and oxygen atoms in total. The van der Waals surface area contributed by atoms with E-state index in [-0.39, 0.29) is 18.2 Å². The first-order chi connectivity index (χ1) is 17.6. The molecule has 1 aliphatic carbocycles. The second-order valence-corrected chi connectivity index (χ2v) is 9.66. The normalized spacial score (nSPS) is 14.9. The lowest BCUT2D eigenvalue weighted by molar-refractivity contribution is -0.137. The summed E-state index contributed by atoms with van der Waals surface area (Å²) in [5, 5.41) is 13.5. The number of hydrogen-bond donors (Lipinski definition) is 2. The summed E-state index contributed by atoms with van der Waals surface area (Å²) in [6, 6.07) is 11.9. The van der Waals surface area contributed by atoms with E-state index < -0.39 is 23.5 Å². The van der Waals surface area contributed by atoms with Gasteiger partial charge in [0.25, 0.3) is 0 Å². The average Bonchev–Trinajstić information content (AvgIpc) is 3.16. The monoisotopic (exact) mass is 529 g/mol. The molecule has 1 fully saturated rings. The zero-order chi connectivity index (χ0) is 26.3. The number of carboxylic acids is 1. The zero-order valence-corrected chi connectivity index (χ0v) is 20.5. The first kappa shape index (κ1) is 25.0. The number of imidazole rings is 1. The van der Waals surface area contributed by atoms with Crippen molar-refractivity contribution in [3.8, 4) is 11.4 Å². The molecule has 5 rings (SSSR count). The molecule has 0 saturated heterocycles. The van der Waals surface area contributed by atoms with Crippen LogP contribution < -0.4 is 5.32 Å². The highest BCUT2D eigenvalue weighted by molar-refractivity contribution is 6.30. The Morgan fingerprint density at radius 2 is 1.89 bits per heavy atom. The number of anilines is 1. The quantitative estimate of drug-likeness (QED) is 0.283. The highest BCUT2D eigenvalue weighted by Gasteiger charge is 2.30. The number of benzene rings is 2. The van der Waals surface area contributed by atoms with Crippen molar-refractivity contribution in [2.24, 2.45) is 5.92 Å². The fraction of sp³-hybridized carbons (Fsp3) is 0.308. The number of hydrogen-bond acceptors (Lipinski definition) is 5. The van der Waals surface area contributed by atoms with E-state index in [9.17, 15) is 23.1 Å². The fourth-order valence-electron chi connectivity index (χ4n) is 4.49. The predicted molar refractivity (Wildman–Crippen MR) is 134 cm³/mol. The molecule has 1 atom stereocenters. The third-order valence-corrected chi connectivity index (χ3v) is 6.96. The van der Waals surface area contributed by atoms with Crippen LogP contribution in [0, 0.1) is 5.92 Å². The van der Waals surface area contributed by atoms with Crippen LogP contribution >= 0.6 is 11.6 Å². The molecule has 37 heavy (non-hydrogen) atoms. The predicted octanol–water partition coefficient (Wildman–Crippen LogP) is 6.51. The summed E-state index contributed by atoms with van der Waals surface area (Å²) in [6.07, 6.45) is -1.18. The number of halogens is 4. The zero-order valence-electron chi connectivity index (χ0n) is 19.8. The van der Waals surface area contributed by atoms with E-state index >= 15 is 0 Å². The van der Waals surface area contributed by atoms with Gasteiger partial charge < -0.3 is 15.0 Å². The number of aromatic nitrogens is 4. The van der Waals surface area contributed by atoms with Crippen LogP contribution in [-0.2, 0) is 12.7 Å². The van der Waals surface area contributed by atoms with Crippen LogP contribution in [0.4, 0.5) is 19.0 Å². The maximum Gasteiger partial charge on any atom is 0.416 e.